The van der Waals surface area contributed by atoms with Crippen molar-refractivity contribution in [3.63, 3.8) is 0 Å². The lowest BCUT2D eigenvalue weighted by Gasteiger charge is -2.34. The summed E-state index contributed by atoms with van der Waals surface area (Å²) in [6.45, 7) is 6.97. The van der Waals surface area contributed by atoms with E-state index in [2.05, 4.69) is 38.2 Å². The molecule has 1 aliphatic rings. The third-order valence-corrected chi connectivity index (χ3v) is 3.85. The number of carbonyl (C=O) groups is 2. The van der Waals surface area contributed by atoms with Gasteiger partial charge in [-0.1, -0.05) is 51.1 Å². The quantitative estimate of drug-likeness (QED) is 0.902. The lowest BCUT2D eigenvalue weighted by molar-refractivity contribution is -0.144. The van der Waals surface area contributed by atoms with E-state index in [4.69, 9.17) is 0 Å². The van der Waals surface area contributed by atoms with Gasteiger partial charge in [0.15, 0.2) is 0 Å². The van der Waals surface area contributed by atoms with Gasteiger partial charge in [0, 0.05) is 6.54 Å². The van der Waals surface area contributed by atoms with Crippen molar-refractivity contribution < 1.29 is 9.59 Å². The molecule has 2 atom stereocenters. The van der Waals surface area contributed by atoms with E-state index in [9.17, 15) is 9.59 Å². The zero-order valence-corrected chi connectivity index (χ0v) is 13.0. The summed E-state index contributed by atoms with van der Waals surface area (Å²) in [6, 6.07) is 9.73. The van der Waals surface area contributed by atoms with Crippen LogP contribution in [-0.4, -0.2) is 35.8 Å². The lowest BCUT2D eigenvalue weighted by atomic mass is 9.97. The molecule has 1 fully saturated rings. The van der Waals surface area contributed by atoms with Crippen molar-refractivity contribution in [2.75, 3.05) is 13.1 Å². The molecule has 21 heavy (non-hydrogen) atoms. The fourth-order valence-electron chi connectivity index (χ4n) is 2.78. The van der Waals surface area contributed by atoms with Crippen LogP contribution in [0.2, 0.25) is 0 Å². The van der Waals surface area contributed by atoms with Crippen LogP contribution in [0.3, 0.4) is 0 Å². The Kier molecular flexibility index (Phi) is 4.99. The van der Waals surface area contributed by atoms with Crippen LogP contribution >= 0.6 is 0 Å². The summed E-state index contributed by atoms with van der Waals surface area (Å²) in [5.74, 6) is 0.595. The zero-order chi connectivity index (χ0) is 15.4. The smallest absolute Gasteiger partial charge is 0.245 e. The van der Waals surface area contributed by atoms with Crippen molar-refractivity contribution in [2.45, 2.75) is 39.2 Å². The third kappa shape index (κ3) is 4.06. The second-order valence-corrected chi connectivity index (χ2v) is 6.28. The highest BCUT2D eigenvalue weighted by molar-refractivity contribution is 5.94. The van der Waals surface area contributed by atoms with E-state index in [0.717, 1.165) is 0 Å². The molecule has 0 aromatic heterocycles. The number of amides is 2. The number of hydrogen-bond acceptors (Lipinski definition) is 2. The third-order valence-electron chi connectivity index (χ3n) is 3.85. The molecule has 0 spiro atoms. The first kappa shape index (κ1) is 15.5. The molecule has 1 heterocycles. The van der Waals surface area contributed by atoms with Crippen molar-refractivity contribution in [1.82, 2.24) is 10.2 Å². The molecular weight excluding hydrogens is 264 g/mol. The number of nitrogens with one attached hydrogen (secondary N) is 1. The first-order valence-corrected chi connectivity index (χ1v) is 7.60. The maximum Gasteiger partial charge on any atom is 0.245 e. The van der Waals surface area contributed by atoms with Gasteiger partial charge in [-0.05, 0) is 23.8 Å². The summed E-state index contributed by atoms with van der Waals surface area (Å²) in [5, 5.41) is 2.81. The molecule has 1 saturated heterocycles. The lowest BCUT2D eigenvalue weighted by Crippen LogP contribution is -2.58. The molecule has 0 bridgehead atoms. The first-order chi connectivity index (χ1) is 9.97. The molecule has 4 nitrogen and oxygen atoms in total. The first-order valence-electron chi connectivity index (χ1n) is 7.60. The minimum absolute atomic E-state index is 0.0473. The summed E-state index contributed by atoms with van der Waals surface area (Å²) in [7, 11) is 0. The second kappa shape index (κ2) is 6.74. The number of piperazine rings is 1. The van der Waals surface area contributed by atoms with Gasteiger partial charge >= 0.3 is 0 Å². The Morgan fingerprint density at radius 1 is 1.19 bits per heavy atom. The van der Waals surface area contributed by atoms with Gasteiger partial charge in [-0.15, -0.1) is 0 Å². The minimum atomic E-state index is -0.366. The summed E-state index contributed by atoms with van der Waals surface area (Å²) in [6.07, 6.45) is 0.695. The molecule has 2 amide bonds. The highest BCUT2D eigenvalue weighted by Gasteiger charge is 2.33. The number of nitrogens with zero attached hydrogens (tertiary/aromatic N) is 1. The molecule has 0 saturated carbocycles. The Morgan fingerprint density at radius 3 is 2.48 bits per heavy atom. The Labute approximate surface area is 126 Å². The highest BCUT2D eigenvalue weighted by atomic mass is 16.2. The largest absolute Gasteiger partial charge is 0.343 e. The van der Waals surface area contributed by atoms with Crippen molar-refractivity contribution in [3.05, 3.63) is 35.9 Å². The molecule has 1 aromatic rings. The van der Waals surface area contributed by atoms with Gasteiger partial charge in [0.1, 0.15) is 6.04 Å². The number of hydrogen-bond donors (Lipinski definition) is 1. The molecular formula is C17H24N2O2. The Hall–Kier alpha value is -1.84. The molecule has 2 unspecified atom stereocenters. The van der Waals surface area contributed by atoms with E-state index in [1.807, 2.05) is 18.2 Å². The summed E-state index contributed by atoms with van der Waals surface area (Å²) in [5.41, 5.74) is 1.19. The predicted molar refractivity (Wildman–Crippen MR) is 82.8 cm³/mol. The van der Waals surface area contributed by atoms with E-state index in [0.29, 0.717) is 18.9 Å². The van der Waals surface area contributed by atoms with Gasteiger partial charge in [0.2, 0.25) is 11.8 Å². The van der Waals surface area contributed by atoms with Crippen molar-refractivity contribution >= 4 is 11.8 Å². The van der Waals surface area contributed by atoms with Crippen LogP contribution in [0.5, 0.6) is 0 Å². The molecule has 0 aliphatic carbocycles. The van der Waals surface area contributed by atoms with Crippen LogP contribution in [0.25, 0.3) is 0 Å². The van der Waals surface area contributed by atoms with Crippen molar-refractivity contribution in [2.24, 2.45) is 5.92 Å². The topological polar surface area (TPSA) is 49.4 Å². The van der Waals surface area contributed by atoms with Crippen LogP contribution < -0.4 is 5.32 Å². The van der Waals surface area contributed by atoms with E-state index in [1.165, 1.54) is 5.56 Å². The van der Waals surface area contributed by atoms with Crippen molar-refractivity contribution in [1.29, 1.82) is 0 Å². The second-order valence-electron chi connectivity index (χ2n) is 6.28. The number of benzene rings is 1. The van der Waals surface area contributed by atoms with E-state index >= 15 is 0 Å². The van der Waals surface area contributed by atoms with Gasteiger partial charge in [0.05, 0.1) is 6.54 Å². The van der Waals surface area contributed by atoms with Gasteiger partial charge in [-0.2, -0.15) is 0 Å². The summed E-state index contributed by atoms with van der Waals surface area (Å²) < 4.78 is 0. The standard InChI is InChI=1S/C17H24N2O2/c1-12(2)9-15-17(21)19(11-16(20)18-15)10-13(3)14-7-5-4-6-8-14/h4-8,12-13,15H,9-11H2,1-3H3,(H,18,20). The molecule has 1 aromatic carbocycles. The molecule has 1 N–H and O–H groups in total. The molecule has 0 radical (unpaired) electrons. The highest BCUT2D eigenvalue weighted by Crippen LogP contribution is 2.19. The minimum Gasteiger partial charge on any atom is -0.343 e. The van der Waals surface area contributed by atoms with E-state index in [-0.39, 0.29) is 30.3 Å². The monoisotopic (exact) mass is 288 g/mol. The number of carbonyl (C=O) groups excluding carboxylic acids is 2. The van der Waals surface area contributed by atoms with E-state index < -0.39 is 0 Å². The average molecular weight is 288 g/mol. The fraction of sp³-hybridized carbons (Fsp3) is 0.529. The van der Waals surface area contributed by atoms with Crippen molar-refractivity contribution in [3.8, 4) is 0 Å². The SMILES string of the molecule is CC(C)CC1NC(=O)CN(CC(C)c2ccccc2)C1=O. The fourth-order valence-corrected chi connectivity index (χ4v) is 2.78. The normalized spacial score (nSPS) is 20.6. The molecule has 114 valence electrons. The summed E-state index contributed by atoms with van der Waals surface area (Å²) >= 11 is 0. The van der Waals surface area contributed by atoms with Gasteiger partial charge in [-0.3, -0.25) is 9.59 Å². The van der Waals surface area contributed by atoms with Gasteiger partial charge in [-0.25, -0.2) is 0 Å². The maximum absolute atomic E-state index is 12.5. The van der Waals surface area contributed by atoms with Crippen LogP contribution in [0.4, 0.5) is 0 Å². The van der Waals surface area contributed by atoms with Crippen LogP contribution in [0, 0.1) is 5.92 Å². The zero-order valence-electron chi connectivity index (χ0n) is 13.0. The summed E-state index contributed by atoms with van der Waals surface area (Å²) in [4.78, 5) is 26.0. The molecule has 2 rings (SSSR count). The van der Waals surface area contributed by atoms with Gasteiger partial charge < -0.3 is 10.2 Å². The van der Waals surface area contributed by atoms with Crippen LogP contribution in [0.1, 0.15) is 38.7 Å². The molecule has 4 heteroatoms. The Balaban J connectivity index is 2.04. The Morgan fingerprint density at radius 2 is 1.86 bits per heavy atom. The van der Waals surface area contributed by atoms with Gasteiger partial charge in [0.25, 0.3) is 0 Å². The number of rotatable bonds is 5. The average Bonchev–Trinajstić information content (AvgIpc) is 2.44. The maximum atomic E-state index is 12.5. The van der Waals surface area contributed by atoms with E-state index in [1.54, 1.807) is 4.90 Å². The van der Waals surface area contributed by atoms with Crippen LogP contribution in [-0.2, 0) is 9.59 Å². The Bertz CT molecular complexity index is 499. The predicted octanol–water partition coefficient (Wildman–Crippen LogP) is 2.16. The molecule has 1 aliphatic heterocycles. The van der Waals surface area contributed by atoms with Crippen LogP contribution in [0.15, 0.2) is 30.3 Å².